The minimum Gasteiger partial charge on any atom is -0.466 e. The molecular weight excluding hydrogens is 528 g/mol. The Morgan fingerprint density at radius 1 is 1.12 bits per heavy atom. The quantitative estimate of drug-likeness (QED) is 0.278. The first-order valence-electron chi connectivity index (χ1n) is 12.9. The maximum Gasteiger partial charge on any atom is 0.269 e. The van der Waals surface area contributed by atoms with Crippen LogP contribution in [0.2, 0.25) is 0 Å². The lowest BCUT2D eigenvalue weighted by molar-refractivity contribution is 0.0435. The lowest BCUT2D eigenvalue weighted by atomic mass is 10.0. The van der Waals surface area contributed by atoms with Crippen LogP contribution >= 0.6 is 0 Å². The van der Waals surface area contributed by atoms with Gasteiger partial charge in [-0.2, -0.15) is 5.26 Å². The van der Waals surface area contributed by atoms with E-state index in [0.29, 0.717) is 33.5 Å². The third kappa shape index (κ3) is 5.78. The van der Waals surface area contributed by atoms with E-state index in [9.17, 15) is 13.7 Å². The van der Waals surface area contributed by atoms with Gasteiger partial charge in [-0.25, -0.2) is 17.4 Å². The van der Waals surface area contributed by atoms with Gasteiger partial charge in [0, 0.05) is 50.1 Å². The van der Waals surface area contributed by atoms with Crippen LogP contribution in [0, 0.1) is 18.3 Å². The maximum atomic E-state index is 13.7. The number of aryl methyl sites for hydroxylation is 1. The van der Waals surface area contributed by atoms with Gasteiger partial charge >= 0.3 is 0 Å². The van der Waals surface area contributed by atoms with Gasteiger partial charge in [0.05, 0.1) is 23.7 Å². The zero-order valence-corrected chi connectivity index (χ0v) is 23.2. The average Bonchev–Trinajstić information content (AvgIpc) is 3.36. The number of benzene rings is 2. The van der Waals surface area contributed by atoms with E-state index < -0.39 is 10.0 Å². The second kappa shape index (κ2) is 12.0. The number of fused-ring (bicyclic) bond motifs is 1. The summed E-state index contributed by atoms with van der Waals surface area (Å²) in [6, 6.07) is 16.0. The minimum absolute atomic E-state index is 0.00615. The third-order valence-corrected chi connectivity index (χ3v) is 8.40. The van der Waals surface area contributed by atoms with E-state index >= 15 is 0 Å². The average molecular weight is 559 g/mol. The number of nitriles is 1. The Kier molecular flexibility index (Phi) is 8.28. The topological polar surface area (TPSA) is 107 Å². The highest BCUT2D eigenvalue weighted by Crippen LogP contribution is 2.35. The van der Waals surface area contributed by atoms with Crippen LogP contribution < -0.4 is 4.74 Å². The fourth-order valence-electron chi connectivity index (χ4n) is 4.58. The lowest BCUT2D eigenvalue weighted by Crippen LogP contribution is -2.36. The molecule has 5 rings (SSSR count). The Hall–Kier alpha value is -4.01. The number of aromatic nitrogens is 2. The van der Waals surface area contributed by atoms with Crippen LogP contribution in [0.1, 0.15) is 16.7 Å². The first-order valence-corrected chi connectivity index (χ1v) is 14.3. The van der Waals surface area contributed by atoms with E-state index in [-0.39, 0.29) is 11.7 Å². The van der Waals surface area contributed by atoms with E-state index in [2.05, 4.69) is 22.0 Å². The van der Waals surface area contributed by atoms with Crippen LogP contribution in [0.5, 0.6) is 5.75 Å². The number of hydrogen-bond acceptors (Lipinski definition) is 8. The van der Waals surface area contributed by atoms with Gasteiger partial charge in [0.15, 0.2) is 12.4 Å². The van der Waals surface area contributed by atoms with Crippen molar-refractivity contribution in [1.29, 1.82) is 5.26 Å². The highest BCUT2D eigenvalue weighted by Gasteiger charge is 2.23. The predicted octanol–water partition coefficient (Wildman–Crippen LogP) is 4.45. The molecule has 1 aliphatic heterocycles. The van der Waals surface area contributed by atoms with Crippen LogP contribution in [0.3, 0.4) is 0 Å². The van der Waals surface area contributed by atoms with E-state index in [0.717, 1.165) is 44.0 Å². The number of pyridine rings is 1. The molecule has 0 bridgehead atoms. The molecule has 1 saturated heterocycles. The molecule has 0 spiro atoms. The van der Waals surface area contributed by atoms with Crippen LogP contribution in [0.25, 0.3) is 28.2 Å². The standard InChI is InChI=1S/C30H30N4O5S/c1-22-5-8-26(9-6-22)40(35,36)34-20-28(24-7-10-29(39-21-37-2)25(17-24)18-31)27-16-23(19-32-30(27)34)4-3-11-33-12-14-38-15-13-33/h3-10,16-17,19-20H,11-15,21H2,1-2H3. The van der Waals surface area contributed by atoms with Crippen molar-refractivity contribution in [2.75, 3.05) is 46.8 Å². The molecule has 206 valence electrons. The van der Waals surface area contributed by atoms with Crippen LogP contribution in [0.4, 0.5) is 0 Å². The van der Waals surface area contributed by atoms with Gasteiger partial charge < -0.3 is 14.2 Å². The molecule has 0 unspecified atom stereocenters. The van der Waals surface area contributed by atoms with Gasteiger partial charge in [0.25, 0.3) is 10.0 Å². The largest absolute Gasteiger partial charge is 0.466 e. The smallest absolute Gasteiger partial charge is 0.269 e. The molecule has 2 aromatic carbocycles. The van der Waals surface area contributed by atoms with Crippen molar-refractivity contribution in [2.24, 2.45) is 0 Å². The number of nitrogens with zero attached hydrogens (tertiary/aromatic N) is 4. The highest BCUT2D eigenvalue weighted by atomic mass is 32.2. The molecular formula is C30H30N4O5S. The van der Waals surface area contributed by atoms with E-state index in [4.69, 9.17) is 14.2 Å². The maximum absolute atomic E-state index is 13.7. The van der Waals surface area contributed by atoms with Crippen molar-refractivity contribution in [3.63, 3.8) is 0 Å². The van der Waals surface area contributed by atoms with Gasteiger partial charge in [-0.3, -0.25) is 4.90 Å². The van der Waals surface area contributed by atoms with Crippen molar-refractivity contribution in [3.05, 3.63) is 83.7 Å². The van der Waals surface area contributed by atoms with Crippen molar-refractivity contribution in [2.45, 2.75) is 11.8 Å². The van der Waals surface area contributed by atoms with E-state index in [1.165, 1.54) is 11.1 Å². The SMILES string of the molecule is COCOc1ccc(-c2cn(S(=O)(=O)c3ccc(C)cc3)c3ncc(C=CCN4CCOCC4)cc23)cc1C#N. The lowest BCUT2D eigenvalue weighted by Gasteiger charge is -2.25. The fraction of sp³-hybridized carbons (Fsp3) is 0.267. The van der Waals surface area contributed by atoms with Crippen molar-refractivity contribution < 1.29 is 22.6 Å². The first-order chi connectivity index (χ1) is 19.4. The number of methoxy groups -OCH3 is 1. The van der Waals surface area contributed by atoms with Crippen LogP contribution in [0.15, 0.2) is 71.9 Å². The van der Waals surface area contributed by atoms with Crippen molar-refractivity contribution in [1.82, 2.24) is 13.9 Å². The second-order valence-corrected chi connectivity index (χ2v) is 11.3. The molecule has 3 heterocycles. The van der Waals surface area contributed by atoms with E-state index in [1.54, 1.807) is 54.9 Å². The fourth-order valence-corrected chi connectivity index (χ4v) is 5.90. The number of ether oxygens (including phenoxy) is 3. The Morgan fingerprint density at radius 3 is 2.62 bits per heavy atom. The van der Waals surface area contributed by atoms with Crippen LogP contribution in [-0.4, -0.2) is 69.0 Å². The third-order valence-electron chi connectivity index (χ3n) is 6.73. The van der Waals surface area contributed by atoms with Gasteiger partial charge in [-0.15, -0.1) is 0 Å². The molecule has 0 radical (unpaired) electrons. The Labute approximate surface area is 233 Å². The normalized spacial score (nSPS) is 14.5. The Balaban J connectivity index is 1.60. The summed E-state index contributed by atoms with van der Waals surface area (Å²) in [5.74, 6) is 0.383. The second-order valence-electron chi connectivity index (χ2n) is 9.49. The Bertz CT molecular complexity index is 1680. The molecule has 1 fully saturated rings. The van der Waals surface area contributed by atoms with Gasteiger partial charge in [0.1, 0.15) is 11.8 Å². The molecule has 4 aromatic rings. The summed E-state index contributed by atoms with van der Waals surface area (Å²) < 4.78 is 44.6. The first kappa shape index (κ1) is 27.6. The molecule has 0 atom stereocenters. The Morgan fingerprint density at radius 2 is 1.90 bits per heavy atom. The number of rotatable bonds is 9. The van der Waals surface area contributed by atoms with Crippen molar-refractivity contribution >= 4 is 27.1 Å². The summed E-state index contributed by atoms with van der Waals surface area (Å²) in [6.07, 6.45) is 7.30. The van der Waals surface area contributed by atoms with Gasteiger partial charge in [-0.05, 0) is 48.4 Å². The summed E-state index contributed by atoms with van der Waals surface area (Å²) in [5, 5.41) is 10.4. The molecule has 9 nitrogen and oxygen atoms in total. The molecule has 0 amide bonds. The van der Waals surface area contributed by atoms with Gasteiger partial charge in [0.2, 0.25) is 0 Å². The van der Waals surface area contributed by atoms with Crippen LogP contribution in [-0.2, 0) is 19.5 Å². The molecule has 1 aliphatic rings. The summed E-state index contributed by atoms with van der Waals surface area (Å²) in [7, 11) is -2.43. The molecule has 2 aromatic heterocycles. The zero-order chi connectivity index (χ0) is 28.1. The molecule has 0 saturated carbocycles. The molecule has 0 N–H and O–H groups in total. The zero-order valence-electron chi connectivity index (χ0n) is 22.4. The molecule has 40 heavy (non-hydrogen) atoms. The van der Waals surface area contributed by atoms with E-state index in [1.807, 2.05) is 19.1 Å². The highest BCUT2D eigenvalue weighted by molar-refractivity contribution is 7.90. The predicted molar refractivity (Wildman–Crippen MR) is 152 cm³/mol. The van der Waals surface area contributed by atoms with Gasteiger partial charge in [-0.1, -0.05) is 35.9 Å². The molecule has 0 aliphatic carbocycles. The molecule has 10 heteroatoms. The number of morpholine rings is 1. The minimum atomic E-state index is -3.94. The monoisotopic (exact) mass is 558 g/mol. The summed E-state index contributed by atoms with van der Waals surface area (Å²) >= 11 is 0. The number of hydrogen-bond donors (Lipinski definition) is 0. The summed E-state index contributed by atoms with van der Waals surface area (Å²) in [4.78, 5) is 7.07. The summed E-state index contributed by atoms with van der Waals surface area (Å²) in [6.45, 7) is 5.93. The summed E-state index contributed by atoms with van der Waals surface area (Å²) in [5.41, 5.74) is 3.72. The van der Waals surface area contributed by atoms with Crippen molar-refractivity contribution in [3.8, 4) is 22.9 Å².